The molecule has 5 heteroatoms. The average Bonchev–Trinajstić information content (AvgIpc) is 2.35. The molecule has 1 aromatic rings. The quantitative estimate of drug-likeness (QED) is 0.634. The van der Waals surface area contributed by atoms with Crippen molar-refractivity contribution in [2.45, 2.75) is 13.3 Å². The lowest BCUT2D eigenvalue weighted by Crippen LogP contribution is -2.23. The molecule has 0 radical (unpaired) electrons. The van der Waals surface area contributed by atoms with Crippen molar-refractivity contribution in [3.63, 3.8) is 0 Å². The average molecular weight is 247 g/mol. The van der Waals surface area contributed by atoms with Gasteiger partial charge in [-0.1, -0.05) is 6.07 Å². The molecule has 1 rings (SSSR count). The molecular formula is C13H17N3O2. The van der Waals surface area contributed by atoms with E-state index in [2.05, 4.69) is 6.07 Å². The summed E-state index contributed by atoms with van der Waals surface area (Å²) in [6, 6.07) is 7.17. The number of benzene rings is 1. The first-order valence-electron chi connectivity index (χ1n) is 5.75. The minimum absolute atomic E-state index is 0.314. The molecule has 0 spiro atoms. The maximum absolute atomic E-state index is 11.8. The van der Waals surface area contributed by atoms with E-state index in [0.717, 1.165) is 0 Å². The lowest BCUT2D eigenvalue weighted by Gasteiger charge is -2.22. The van der Waals surface area contributed by atoms with E-state index < -0.39 is 5.97 Å². The Kier molecular flexibility index (Phi) is 5.00. The molecule has 18 heavy (non-hydrogen) atoms. The van der Waals surface area contributed by atoms with Crippen molar-refractivity contribution in [1.82, 2.24) is 0 Å². The van der Waals surface area contributed by atoms with Crippen LogP contribution in [-0.2, 0) is 4.74 Å². The molecule has 0 atom stereocenters. The third-order valence-corrected chi connectivity index (χ3v) is 2.50. The van der Waals surface area contributed by atoms with Crippen LogP contribution < -0.4 is 10.6 Å². The number of nitriles is 1. The summed E-state index contributed by atoms with van der Waals surface area (Å²) in [6.07, 6.45) is 0.368. The maximum Gasteiger partial charge on any atom is 0.340 e. The first-order chi connectivity index (χ1) is 8.61. The summed E-state index contributed by atoms with van der Waals surface area (Å²) in [5, 5.41) is 8.59. The van der Waals surface area contributed by atoms with E-state index in [-0.39, 0.29) is 0 Å². The normalized spacial score (nSPS) is 9.61. The van der Waals surface area contributed by atoms with Crippen LogP contribution in [0.4, 0.5) is 11.4 Å². The summed E-state index contributed by atoms with van der Waals surface area (Å²) >= 11 is 0. The van der Waals surface area contributed by atoms with Gasteiger partial charge < -0.3 is 15.4 Å². The molecule has 1 aromatic carbocycles. The molecule has 0 aliphatic carbocycles. The van der Waals surface area contributed by atoms with Gasteiger partial charge in [0.15, 0.2) is 0 Å². The Labute approximate surface area is 107 Å². The van der Waals surface area contributed by atoms with E-state index in [0.29, 0.717) is 36.5 Å². The highest BCUT2D eigenvalue weighted by atomic mass is 16.5. The van der Waals surface area contributed by atoms with Gasteiger partial charge in [0.05, 0.1) is 36.0 Å². The van der Waals surface area contributed by atoms with Crippen LogP contribution in [0, 0.1) is 11.3 Å². The smallest absolute Gasteiger partial charge is 0.340 e. The molecule has 0 saturated carbocycles. The van der Waals surface area contributed by atoms with Gasteiger partial charge >= 0.3 is 5.97 Å². The van der Waals surface area contributed by atoms with Crippen molar-refractivity contribution in [1.29, 1.82) is 5.26 Å². The fourth-order valence-electron chi connectivity index (χ4n) is 1.69. The Balaban J connectivity index is 3.08. The highest BCUT2D eigenvalue weighted by Crippen LogP contribution is 2.27. The lowest BCUT2D eigenvalue weighted by molar-refractivity contribution is 0.0527. The van der Waals surface area contributed by atoms with Crippen LogP contribution in [0.25, 0.3) is 0 Å². The lowest BCUT2D eigenvalue weighted by atomic mass is 10.1. The van der Waals surface area contributed by atoms with Gasteiger partial charge in [-0.3, -0.25) is 0 Å². The molecular weight excluding hydrogens is 230 g/mol. The zero-order valence-corrected chi connectivity index (χ0v) is 10.6. The number of hydrogen-bond donors (Lipinski definition) is 1. The summed E-state index contributed by atoms with van der Waals surface area (Å²) in [7, 11) is 1.80. The molecule has 0 aromatic heterocycles. The number of ether oxygens (including phenoxy) is 1. The highest BCUT2D eigenvalue weighted by Gasteiger charge is 2.17. The van der Waals surface area contributed by atoms with Crippen LogP contribution >= 0.6 is 0 Å². The Bertz CT molecular complexity index is 466. The maximum atomic E-state index is 11.8. The number of hydrogen-bond acceptors (Lipinski definition) is 5. The second-order valence-corrected chi connectivity index (χ2v) is 3.79. The molecule has 0 heterocycles. The largest absolute Gasteiger partial charge is 0.462 e. The second kappa shape index (κ2) is 6.50. The molecule has 0 fully saturated rings. The van der Waals surface area contributed by atoms with Gasteiger partial charge in [-0.25, -0.2) is 4.79 Å². The second-order valence-electron chi connectivity index (χ2n) is 3.79. The van der Waals surface area contributed by atoms with Gasteiger partial charge in [0.25, 0.3) is 0 Å². The van der Waals surface area contributed by atoms with Crippen molar-refractivity contribution < 1.29 is 9.53 Å². The van der Waals surface area contributed by atoms with Crippen molar-refractivity contribution in [2.24, 2.45) is 0 Å². The molecule has 0 aliphatic rings. The van der Waals surface area contributed by atoms with E-state index in [4.69, 9.17) is 15.7 Å². The van der Waals surface area contributed by atoms with Crippen LogP contribution in [0.15, 0.2) is 18.2 Å². The standard InChI is InChI=1S/C13H17N3O2/c1-3-18-13(17)10-6-4-7-11(15)12(10)16(2)9-5-8-14/h4,6-7H,3,5,9,15H2,1-2H3. The SMILES string of the molecule is CCOC(=O)c1cccc(N)c1N(C)CCC#N. The fraction of sp³-hybridized carbons (Fsp3) is 0.385. The number of rotatable bonds is 5. The van der Waals surface area contributed by atoms with Crippen LogP contribution in [0.2, 0.25) is 0 Å². The predicted molar refractivity (Wildman–Crippen MR) is 70.3 cm³/mol. The zero-order valence-electron chi connectivity index (χ0n) is 10.6. The number of carbonyl (C=O) groups excluding carboxylic acids is 1. The molecule has 5 nitrogen and oxygen atoms in total. The number of nitrogens with two attached hydrogens (primary N) is 1. The Morgan fingerprint density at radius 1 is 1.56 bits per heavy atom. The molecule has 0 bridgehead atoms. The summed E-state index contributed by atoms with van der Waals surface area (Å²) in [4.78, 5) is 13.6. The first kappa shape index (κ1) is 13.8. The number of anilines is 2. The summed E-state index contributed by atoms with van der Waals surface area (Å²) < 4.78 is 4.99. The molecule has 2 N–H and O–H groups in total. The monoisotopic (exact) mass is 247 g/mol. The van der Waals surface area contributed by atoms with Crippen LogP contribution in [0.3, 0.4) is 0 Å². The number of esters is 1. The number of carbonyl (C=O) groups is 1. The van der Waals surface area contributed by atoms with E-state index in [1.54, 1.807) is 37.1 Å². The first-order valence-corrected chi connectivity index (χ1v) is 5.75. The fourth-order valence-corrected chi connectivity index (χ4v) is 1.69. The minimum Gasteiger partial charge on any atom is -0.462 e. The third-order valence-electron chi connectivity index (χ3n) is 2.50. The Morgan fingerprint density at radius 2 is 2.28 bits per heavy atom. The molecule has 0 unspecified atom stereocenters. The van der Waals surface area contributed by atoms with Crippen molar-refractivity contribution in [3.8, 4) is 6.07 Å². The summed E-state index contributed by atoms with van der Waals surface area (Å²) in [6.45, 7) is 2.58. The van der Waals surface area contributed by atoms with Gasteiger partial charge in [0, 0.05) is 13.6 Å². The third kappa shape index (κ3) is 3.14. The van der Waals surface area contributed by atoms with Gasteiger partial charge in [0.1, 0.15) is 0 Å². The van der Waals surface area contributed by atoms with Gasteiger partial charge in [-0.05, 0) is 19.1 Å². The molecule has 96 valence electrons. The Hall–Kier alpha value is -2.22. The highest BCUT2D eigenvalue weighted by molar-refractivity contribution is 5.99. The van der Waals surface area contributed by atoms with Crippen LogP contribution in [0.1, 0.15) is 23.7 Å². The topological polar surface area (TPSA) is 79.3 Å². The number of nitrogen functional groups attached to an aromatic ring is 1. The molecule has 0 saturated heterocycles. The predicted octanol–water partition coefficient (Wildman–Crippen LogP) is 1.80. The van der Waals surface area contributed by atoms with Gasteiger partial charge in [-0.2, -0.15) is 5.26 Å². The van der Waals surface area contributed by atoms with Crippen molar-refractivity contribution in [3.05, 3.63) is 23.8 Å². The summed E-state index contributed by atoms with van der Waals surface area (Å²) in [5.41, 5.74) is 7.44. The minimum atomic E-state index is -0.399. The van der Waals surface area contributed by atoms with Crippen LogP contribution in [-0.4, -0.2) is 26.2 Å². The van der Waals surface area contributed by atoms with E-state index in [1.807, 2.05) is 0 Å². The summed E-state index contributed by atoms with van der Waals surface area (Å²) in [5.74, 6) is -0.399. The van der Waals surface area contributed by atoms with E-state index in [1.165, 1.54) is 0 Å². The van der Waals surface area contributed by atoms with Crippen LogP contribution in [0.5, 0.6) is 0 Å². The number of nitrogens with zero attached hydrogens (tertiary/aromatic N) is 2. The van der Waals surface area contributed by atoms with Crippen molar-refractivity contribution >= 4 is 17.3 Å². The number of para-hydroxylation sites is 1. The molecule has 0 amide bonds. The van der Waals surface area contributed by atoms with E-state index in [9.17, 15) is 4.79 Å². The van der Waals surface area contributed by atoms with Gasteiger partial charge in [0.2, 0.25) is 0 Å². The molecule has 0 aliphatic heterocycles. The Morgan fingerprint density at radius 3 is 2.89 bits per heavy atom. The van der Waals surface area contributed by atoms with Gasteiger partial charge in [-0.15, -0.1) is 0 Å². The zero-order chi connectivity index (χ0) is 13.5. The van der Waals surface area contributed by atoms with E-state index >= 15 is 0 Å². The van der Waals surface area contributed by atoms with Crippen molar-refractivity contribution in [2.75, 3.05) is 30.8 Å².